The van der Waals surface area contributed by atoms with Crippen LogP contribution in [0.2, 0.25) is 10.0 Å². The van der Waals surface area contributed by atoms with E-state index in [-0.39, 0.29) is 5.91 Å². The van der Waals surface area contributed by atoms with Gasteiger partial charge in [0.25, 0.3) is 5.91 Å². The molecule has 1 unspecified atom stereocenters. The molecule has 7 heteroatoms. The van der Waals surface area contributed by atoms with Crippen molar-refractivity contribution >= 4 is 40.5 Å². The number of ether oxygens (including phenoxy) is 1. The summed E-state index contributed by atoms with van der Waals surface area (Å²) in [5, 5.41) is 7.60. The lowest BCUT2D eigenvalue weighted by Crippen LogP contribution is -2.28. The normalized spacial score (nSPS) is 16.3. The molecule has 0 aliphatic carbocycles. The maximum Gasteiger partial charge on any atom is 0.268 e. The van der Waals surface area contributed by atoms with Crippen LogP contribution in [0.4, 0.5) is 5.69 Å². The fourth-order valence-electron chi connectivity index (χ4n) is 2.36. The van der Waals surface area contributed by atoms with Crippen molar-refractivity contribution in [2.75, 3.05) is 12.4 Å². The molecule has 0 radical (unpaired) electrons. The summed E-state index contributed by atoms with van der Waals surface area (Å²) in [5.41, 5.74) is 1.94. The topological polar surface area (TPSA) is 59.9 Å². The number of halogens is 2. The summed E-state index contributed by atoms with van der Waals surface area (Å²) >= 11 is 11.9. The molecule has 0 spiro atoms. The number of nitrogens with zero attached hydrogens (tertiary/aromatic N) is 1. The molecule has 24 heavy (non-hydrogen) atoms. The summed E-state index contributed by atoms with van der Waals surface area (Å²) in [7, 11) is 1.59. The first-order chi connectivity index (χ1) is 11.6. The summed E-state index contributed by atoms with van der Waals surface area (Å²) in [4.78, 5) is 17.6. The van der Waals surface area contributed by atoms with Crippen LogP contribution >= 0.6 is 23.2 Å². The second-order valence-electron chi connectivity index (χ2n) is 5.15. The number of anilines is 1. The molecule has 0 fully saturated rings. The molecule has 2 aromatic rings. The van der Waals surface area contributed by atoms with Crippen molar-refractivity contribution in [1.29, 1.82) is 0 Å². The number of rotatable bonds is 4. The van der Waals surface area contributed by atoms with Crippen molar-refractivity contribution in [3.05, 3.63) is 58.1 Å². The Balaban J connectivity index is 1.69. The number of oxime groups is 1. The zero-order chi connectivity index (χ0) is 17.1. The molecule has 2 aromatic carbocycles. The van der Waals surface area contributed by atoms with Crippen LogP contribution < -0.4 is 10.1 Å². The van der Waals surface area contributed by atoms with Crippen molar-refractivity contribution in [3.63, 3.8) is 0 Å². The number of hydrogen-bond donors (Lipinski definition) is 1. The van der Waals surface area contributed by atoms with E-state index in [1.165, 1.54) is 0 Å². The van der Waals surface area contributed by atoms with Crippen molar-refractivity contribution in [1.82, 2.24) is 0 Å². The standard InChI is InChI=1S/C17H14Cl2N2O3/c1-23-15-5-3-2-4-11(15)14-9-16(24-21-14)17(22)20-13-7-6-10(18)8-12(13)19/h2-8,16H,9H2,1H3,(H,20,22). The van der Waals surface area contributed by atoms with Gasteiger partial charge in [-0.3, -0.25) is 4.79 Å². The van der Waals surface area contributed by atoms with E-state index in [4.69, 9.17) is 32.8 Å². The van der Waals surface area contributed by atoms with Gasteiger partial charge in [-0.05, 0) is 30.3 Å². The third kappa shape index (κ3) is 3.47. The SMILES string of the molecule is COc1ccccc1C1=NOC(C(=O)Nc2ccc(Cl)cc2Cl)C1. The maximum absolute atomic E-state index is 12.4. The number of carbonyl (C=O) groups excluding carboxylic acids is 1. The van der Waals surface area contributed by atoms with Crippen molar-refractivity contribution < 1.29 is 14.4 Å². The minimum Gasteiger partial charge on any atom is -0.496 e. The Labute approximate surface area is 149 Å². The number of hydrogen-bond acceptors (Lipinski definition) is 4. The van der Waals surface area contributed by atoms with Crippen molar-refractivity contribution in [2.45, 2.75) is 12.5 Å². The van der Waals surface area contributed by atoms with Crippen LogP contribution in [-0.2, 0) is 9.63 Å². The van der Waals surface area contributed by atoms with E-state index >= 15 is 0 Å². The molecule has 5 nitrogen and oxygen atoms in total. The lowest BCUT2D eigenvalue weighted by atomic mass is 10.0. The van der Waals surface area contributed by atoms with E-state index in [0.717, 1.165) is 5.56 Å². The van der Waals surface area contributed by atoms with Gasteiger partial charge in [0.1, 0.15) is 5.75 Å². The van der Waals surface area contributed by atoms with Crippen LogP contribution in [0.1, 0.15) is 12.0 Å². The van der Waals surface area contributed by atoms with Gasteiger partial charge in [-0.15, -0.1) is 0 Å². The van der Waals surface area contributed by atoms with E-state index in [9.17, 15) is 4.79 Å². The van der Waals surface area contributed by atoms with Crippen LogP contribution in [0, 0.1) is 0 Å². The smallest absolute Gasteiger partial charge is 0.268 e. The average Bonchev–Trinajstić information content (AvgIpc) is 3.07. The van der Waals surface area contributed by atoms with Crippen LogP contribution in [0.15, 0.2) is 47.6 Å². The van der Waals surface area contributed by atoms with E-state index in [1.807, 2.05) is 24.3 Å². The number of benzene rings is 2. The zero-order valence-corrected chi connectivity index (χ0v) is 14.3. The van der Waals surface area contributed by atoms with E-state index in [2.05, 4.69) is 10.5 Å². The molecule has 0 saturated carbocycles. The van der Waals surface area contributed by atoms with Crippen molar-refractivity contribution in [3.8, 4) is 5.75 Å². The third-order valence-electron chi connectivity index (χ3n) is 3.57. The average molecular weight is 365 g/mol. The third-order valence-corrected chi connectivity index (χ3v) is 4.12. The fraction of sp³-hybridized carbons (Fsp3) is 0.176. The molecular formula is C17H14Cl2N2O3. The summed E-state index contributed by atoms with van der Waals surface area (Å²) < 4.78 is 5.31. The summed E-state index contributed by atoms with van der Waals surface area (Å²) in [6.45, 7) is 0. The molecule has 1 amide bonds. The van der Waals surface area contributed by atoms with Crippen LogP contribution in [0.5, 0.6) is 5.75 Å². The lowest BCUT2D eigenvalue weighted by molar-refractivity contribution is -0.125. The highest BCUT2D eigenvalue weighted by molar-refractivity contribution is 6.36. The maximum atomic E-state index is 12.4. The van der Waals surface area contributed by atoms with Gasteiger partial charge in [-0.1, -0.05) is 40.5 Å². The first-order valence-corrected chi connectivity index (χ1v) is 7.96. The van der Waals surface area contributed by atoms with Crippen molar-refractivity contribution in [2.24, 2.45) is 5.16 Å². The minimum atomic E-state index is -0.725. The first kappa shape index (κ1) is 16.6. The molecule has 0 bridgehead atoms. The van der Waals surface area contributed by atoms with Gasteiger partial charge in [-0.25, -0.2) is 0 Å². The van der Waals surface area contributed by atoms with E-state index in [0.29, 0.717) is 33.6 Å². The lowest BCUT2D eigenvalue weighted by Gasteiger charge is -2.11. The first-order valence-electron chi connectivity index (χ1n) is 7.20. The largest absolute Gasteiger partial charge is 0.496 e. The zero-order valence-electron chi connectivity index (χ0n) is 12.8. The van der Waals surface area contributed by atoms with Crippen LogP contribution in [0.25, 0.3) is 0 Å². The van der Waals surface area contributed by atoms with Crippen LogP contribution in [0.3, 0.4) is 0 Å². The second kappa shape index (κ2) is 7.11. The molecule has 0 saturated heterocycles. The van der Waals surface area contributed by atoms with Gasteiger partial charge in [0.2, 0.25) is 6.10 Å². The Morgan fingerprint density at radius 3 is 2.83 bits per heavy atom. The molecule has 1 N–H and O–H groups in total. The Hall–Kier alpha value is -2.24. The Kier molecular flexibility index (Phi) is 4.92. The molecule has 0 aromatic heterocycles. The molecule has 1 aliphatic heterocycles. The Morgan fingerprint density at radius 2 is 2.08 bits per heavy atom. The quantitative estimate of drug-likeness (QED) is 0.886. The number of methoxy groups -OCH3 is 1. The minimum absolute atomic E-state index is 0.326. The molecular weight excluding hydrogens is 351 g/mol. The molecule has 3 rings (SSSR count). The second-order valence-corrected chi connectivity index (χ2v) is 5.99. The predicted octanol–water partition coefficient (Wildman–Crippen LogP) is 4.13. The predicted molar refractivity (Wildman–Crippen MR) is 94.1 cm³/mol. The number of para-hydroxylation sites is 1. The monoisotopic (exact) mass is 364 g/mol. The van der Waals surface area contributed by atoms with Gasteiger partial charge < -0.3 is 14.9 Å². The summed E-state index contributed by atoms with van der Waals surface area (Å²) in [5.74, 6) is 0.356. The number of amides is 1. The molecule has 1 heterocycles. The fourth-order valence-corrected chi connectivity index (χ4v) is 2.82. The van der Waals surface area contributed by atoms with Gasteiger partial charge in [0.15, 0.2) is 0 Å². The van der Waals surface area contributed by atoms with Crippen LogP contribution in [-0.4, -0.2) is 24.8 Å². The highest BCUT2D eigenvalue weighted by Gasteiger charge is 2.30. The molecule has 124 valence electrons. The Bertz CT molecular complexity index is 808. The molecule has 1 atom stereocenters. The van der Waals surface area contributed by atoms with Gasteiger partial charge in [-0.2, -0.15) is 0 Å². The summed E-state index contributed by atoms with van der Waals surface area (Å²) in [6, 6.07) is 12.3. The summed E-state index contributed by atoms with van der Waals surface area (Å²) in [6.07, 6.45) is -0.381. The highest BCUT2D eigenvalue weighted by Crippen LogP contribution is 2.28. The number of nitrogens with one attached hydrogen (secondary N) is 1. The van der Waals surface area contributed by atoms with E-state index in [1.54, 1.807) is 25.3 Å². The van der Waals surface area contributed by atoms with Gasteiger partial charge in [0, 0.05) is 17.0 Å². The highest BCUT2D eigenvalue weighted by atomic mass is 35.5. The van der Waals surface area contributed by atoms with Gasteiger partial charge >= 0.3 is 0 Å². The molecule has 1 aliphatic rings. The van der Waals surface area contributed by atoms with E-state index < -0.39 is 6.10 Å². The number of carbonyl (C=O) groups is 1. The Morgan fingerprint density at radius 1 is 1.29 bits per heavy atom. The van der Waals surface area contributed by atoms with Gasteiger partial charge in [0.05, 0.1) is 23.5 Å².